The molecule has 1 fully saturated rings. The monoisotopic (exact) mass is 463 g/mol. The van der Waals surface area contributed by atoms with E-state index >= 15 is 0 Å². The average Bonchev–Trinajstić information content (AvgIpc) is 3.61. The fourth-order valence-corrected chi connectivity index (χ4v) is 4.55. The molecule has 0 spiro atoms. The number of hydrogen-bond donors (Lipinski definition) is 2. The number of carbonyl (C=O) groups excluding carboxylic acids is 2. The number of rotatable bonds is 8. The minimum Gasteiger partial charge on any atom is -0.495 e. The Morgan fingerprint density at radius 2 is 1.94 bits per heavy atom. The highest BCUT2D eigenvalue weighted by Gasteiger charge is 2.30. The van der Waals surface area contributed by atoms with Crippen LogP contribution in [-0.4, -0.2) is 33.9 Å². The molecule has 0 bridgehead atoms. The lowest BCUT2D eigenvalue weighted by Gasteiger charge is -2.25. The van der Waals surface area contributed by atoms with Gasteiger partial charge in [-0.05, 0) is 43.2 Å². The Balaban J connectivity index is 1.93. The zero-order chi connectivity index (χ0) is 22.6. The van der Waals surface area contributed by atoms with Crippen molar-refractivity contribution in [3.63, 3.8) is 0 Å². The molecular weight excluding hydrogens is 442 g/mol. The number of hydrogen-bond acceptors (Lipinski definition) is 5. The Morgan fingerprint density at radius 1 is 1.23 bits per heavy atom. The van der Waals surface area contributed by atoms with Gasteiger partial charge in [-0.3, -0.25) is 24.7 Å². The van der Waals surface area contributed by atoms with E-state index in [0.29, 0.717) is 11.4 Å². The van der Waals surface area contributed by atoms with Gasteiger partial charge in [0.05, 0.1) is 34.8 Å². The molecule has 1 saturated carbocycles. The van der Waals surface area contributed by atoms with E-state index in [1.54, 1.807) is 24.3 Å². The van der Waals surface area contributed by atoms with Gasteiger partial charge in [-0.1, -0.05) is 29.8 Å². The number of anilines is 1. The molecule has 1 aliphatic rings. The van der Waals surface area contributed by atoms with Crippen molar-refractivity contribution in [1.82, 2.24) is 10.9 Å². The normalized spacial score (nSPS) is 13.2. The largest absolute Gasteiger partial charge is 0.495 e. The summed E-state index contributed by atoms with van der Waals surface area (Å²) in [6.07, 6.45) is 3.00. The number of hydrazine groups is 1. The second kappa shape index (κ2) is 9.40. The molecule has 2 aromatic rings. The number of para-hydroxylation sites is 2. The molecule has 3 rings (SSSR count). The van der Waals surface area contributed by atoms with Crippen molar-refractivity contribution in [2.75, 3.05) is 18.0 Å². The molecule has 10 heteroatoms. The number of ether oxygens (including phenoxy) is 1. The van der Waals surface area contributed by atoms with Crippen LogP contribution in [0.15, 0.2) is 60.0 Å². The topological polar surface area (TPSA) is 105 Å². The number of nitrogens with zero attached hydrogens (tertiary/aromatic N) is 1. The van der Waals surface area contributed by atoms with Crippen molar-refractivity contribution in [3.05, 3.63) is 65.7 Å². The van der Waals surface area contributed by atoms with Gasteiger partial charge in [0.1, 0.15) is 5.75 Å². The highest BCUT2D eigenvalue weighted by molar-refractivity contribution is 7.92. The highest BCUT2D eigenvalue weighted by atomic mass is 35.5. The molecule has 31 heavy (non-hydrogen) atoms. The van der Waals surface area contributed by atoms with Crippen LogP contribution >= 0.6 is 11.6 Å². The van der Waals surface area contributed by atoms with E-state index in [0.717, 1.165) is 17.1 Å². The van der Waals surface area contributed by atoms with E-state index in [2.05, 4.69) is 17.4 Å². The first-order valence-electron chi connectivity index (χ1n) is 9.46. The third kappa shape index (κ3) is 5.00. The lowest BCUT2D eigenvalue weighted by molar-refractivity contribution is -0.123. The van der Waals surface area contributed by atoms with Gasteiger partial charge in [0.2, 0.25) is 5.91 Å². The Hall–Kier alpha value is -3.04. The number of sulfonamides is 1. The summed E-state index contributed by atoms with van der Waals surface area (Å²) in [5.74, 6) is -0.747. The SMILES string of the molecule is C=CCN(c1ccccc1OC)S(=O)(=O)c1ccc(Cl)c(C(=O)NNC(=O)C2CC2)c1. The quantitative estimate of drug-likeness (QED) is 0.462. The third-order valence-corrected chi connectivity index (χ3v) is 6.77. The number of halogens is 1. The molecular formula is C21H22ClN3O5S. The van der Waals surface area contributed by atoms with Crippen LogP contribution in [0.3, 0.4) is 0 Å². The number of nitrogens with one attached hydrogen (secondary N) is 2. The van der Waals surface area contributed by atoms with Crippen LogP contribution in [0.1, 0.15) is 23.2 Å². The fourth-order valence-electron chi connectivity index (χ4n) is 2.88. The Labute approximate surface area is 185 Å². The van der Waals surface area contributed by atoms with Gasteiger partial charge in [0.25, 0.3) is 15.9 Å². The van der Waals surface area contributed by atoms with E-state index in [4.69, 9.17) is 16.3 Å². The Morgan fingerprint density at radius 3 is 2.58 bits per heavy atom. The molecule has 164 valence electrons. The average molecular weight is 464 g/mol. The van der Waals surface area contributed by atoms with E-state index in [1.807, 2.05) is 0 Å². The number of amides is 2. The third-order valence-electron chi connectivity index (χ3n) is 4.67. The van der Waals surface area contributed by atoms with Crippen LogP contribution in [0.2, 0.25) is 5.02 Å². The summed E-state index contributed by atoms with van der Waals surface area (Å²) >= 11 is 6.12. The van der Waals surface area contributed by atoms with Crippen molar-refractivity contribution in [3.8, 4) is 5.75 Å². The van der Waals surface area contributed by atoms with Crippen LogP contribution < -0.4 is 19.9 Å². The van der Waals surface area contributed by atoms with E-state index < -0.39 is 15.9 Å². The molecule has 1 aliphatic carbocycles. The Kier molecular flexibility index (Phi) is 6.87. The van der Waals surface area contributed by atoms with Gasteiger partial charge < -0.3 is 4.74 Å². The summed E-state index contributed by atoms with van der Waals surface area (Å²) in [4.78, 5) is 24.1. The molecule has 0 aliphatic heterocycles. The molecule has 2 amide bonds. The first-order valence-corrected chi connectivity index (χ1v) is 11.3. The maximum absolute atomic E-state index is 13.4. The van der Waals surface area contributed by atoms with Crippen molar-refractivity contribution in [1.29, 1.82) is 0 Å². The maximum atomic E-state index is 13.4. The lowest BCUT2D eigenvalue weighted by atomic mass is 10.2. The smallest absolute Gasteiger partial charge is 0.271 e. The summed E-state index contributed by atoms with van der Waals surface area (Å²) < 4.78 is 33.3. The molecule has 0 radical (unpaired) electrons. The fraction of sp³-hybridized carbons (Fsp3) is 0.238. The van der Waals surface area contributed by atoms with E-state index in [1.165, 1.54) is 31.4 Å². The van der Waals surface area contributed by atoms with Crippen LogP contribution in [0.4, 0.5) is 5.69 Å². The standard InChI is InChI=1S/C21H22ClN3O5S/c1-3-12-25(18-6-4-5-7-19(18)30-2)31(28,29)15-10-11-17(22)16(13-15)21(27)24-23-20(26)14-8-9-14/h3-7,10-11,13-14H,1,8-9,12H2,2H3,(H,23,26)(H,24,27). The van der Waals surface area contributed by atoms with Gasteiger partial charge in [-0.25, -0.2) is 8.42 Å². The van der Waals surface area contributed by atoms with Gasteiger partial charge in [-0.15, -0.1) is 6.58 Å². The lowest BCUT2D eigenvalue weighted by Crippen LogP contribution is -2.42. The zero-order valence-electron chi connectivity index (χ0n) is 16.8. The van der Waals surface area contributed by atoms with Crippen molar-refractivity contribution >= 4 is 39.1 Å². The highest BCUT2D eigenvalue weighted by Crippen LogP contribution is 2.33. The van der Waals surface area contributed by atoms with E-state index in [-0.39, 0.29) is 33.9 Å². The summed E-state index contributed by atoms with van der Waals surface area (Å²) in [5.41, 5.74) is 4.84. The van der Waals surface area contributed by atoms with Crippen LogP contribution in [0.25, 0.3) is 0 Å². The zero-order valence-corrected chi connectivity index (χ0v) is 18.4. The second-order valence-electron chi connectivity index (χ2n) is 6.86. The predicted octanol–water partition coefficient (Wildman–Crippen LogP) is 2.90. The molecule has 0 unspecified atom stereocenters. The second-order valence-corrected chi connectivity index (χ2v) is 9.13. The van der Waals surface area contributed by atoms with Crippen LogP contribution in [0, 0.1) is 5.92 Å². The van der Waals surface area contributed by atoms with Gasteiger partial charge >= 0.3 is 0 Å². The first-order chi connectivity index (χ1) is 14.8. The van der Waals surface area contributed by atoms with Crippen LogP contribution in [0.5, 0.6) is 5.75 Å². The van der Waals surface area contributed by atoms with Crippen molar-refractivity contribution in [2.24, 2.45) is 5.92 Å². The molecule has 0 atom stereocenters. The first kappa shape index (κ1) is 22.6. The molecule has 2 N–H and O–H groups in total. The van der Waals surface area contributed by atoms with E-state index in [9.17, 15) is 18.0 Å². The van der Waals surface area contributed by atoms with Crippen molar-refractivity contribution in [2.45, 2.75) is 17.7 Å². The molecule has 2 aromatic carbocycles. The number of methoxy groups -OCH3 is 1. The van der Waals surface area contributed by atoms with Gasteiger partial charge in [-0.2, -0.15) is 0 Å². The summed E-state index contributed by atoms with van der Waals surface area (Å²) in [7, 11) is -2.66. The predicted molar refractivity (Wildman–Crippen MR) is 118 cm³/mol. The van der Waals surface area contributed by atoms with Gasteiger partial charge in [0.15, 0.2) is 0 Å². The number of carbonyl (C=O) groups is 2. The molecule has 0 heterocycles. The van der Waals surface area contributed by atoms with Crippen molar-refractivity contribution < 1.29 is 22.7 Å². The molecule has 0 saturated heterocycles. The molecule has 0 aromatic heterocycles. The summed E-state index contributed by atoms with van der Waals surface area (Å²) in [5, 5.41) is 0.0460. The summed E-state index contributed by atoms with van der Waals surface area (Å²) in [6, 6.07) is 10.5. The molecule has 8 nitrogen and oxygen atoms in total. The van der Waals surface area contributed by atoms with Gasteiger partial charge in [0, 0.05) is 5.92 Å². The summed E-state index contributed by atoms with van der Waals surface area (Å²) in [6.45, 7) is 3.61. The maximum Gasteiger partial charge on any atom is 0.271 e. The Bertz CT molecular complexity index is 1120. The minimum absolute atomic E-state index is 0.0235. The minimum atomic E-state index is -4.10. The number of benzene rings is 2. The van der Waals surface area contributed by atoms with Crippen LogP contribution in [-0.2, 0) is 14.8 Å².